The molecule has 1 aromatic heterocycles. The Bertz CT molecular complexity index is 963. The topological polar surface area (TPSA) is 109 Å². The third kappa shape index (κ3) is 5.85. The van der Waals surface area contributed by atoms with Gasteiger partial charge in [-0.05, 0) is 54.1 Å². The van der Waals surface area contributed by atoms with Crippen molar-refractivity contribution in [1.82, 2.24) is 10.3 Å². The van der Waals surface area contributed by atoms with Crippen LogP contribution in [0.5, 0.6) is 0 Å². The number of nitrogens with zero attached hydrogens (tertiary/aromatic N) is 1. The van der Waals surface area contributed by atoms with E-state index in [0.29, 0.717) is 16.9 Å². The molecule has 7 nitrogen and oxygen atoms in total. The smallest absolute Gasteiger partial charge is 0.319 e. The highest BCUT2D eigenvalue weighted by Gasteiger charge is 2.11. The number of nitrogens with one attached hydrogen (secondary N) is 3. The summed E-state index contributed by atoms with van der Waals surface area (Å²) in [5.74, 6) is -0.621. The molecule has 29 heavy (non-hydrogen) atoms. The maximum atomic E-state index is 12.9. The number of amides is 3. The normalized spacial score (nSPS) is 11.4. The number of hydrogen-bond acceptors (Lipinski definition) is 4. The number of urea groups is 1. The second-order valence-electron chi connectivity index (χ2n) is 6.26. The van der Waals surface area contributed by atoms with Gasteiger partial charge in [-0.2, -0.15) is 0 Å². The lowest BCUT2D eigenvalue weighted by molar-refractivity contribution is 0.102. The van der Waals surface area contributed by atoms with Gasteiger partial charge in [-0.1, -0.05) is 12.1 Å². The molecule has 0 fully saturated rings. The van der Waals surface area contributed by atoms with Crippen LogP contribution in [0.25, 0.3) is 0 Å². The van der Waals surface area contributed by atoms with Crippen LogP contribution in [0.15, 0.2) is 73.1 Å². The average molecular weight is 393 g/mol. The molecule has 0 bridgehead atoms. The highest BCUT2D eigenvalue weighted by Crippen LogP contribution is 2.13. The van der Waals surface area contributed by atoms with Gasteiger partial charge in [0.1, 0.15) is 5.82 Å². The Labute approximate surface area is 167 Å². The molecular weight excluding hydrogens is 373 g/mol. The van der Waals surface area contributed by atoms with Crippen molar-refractivity contribution in [2.75, 3.05) is 17.2 Å². The third-order valence-electron chi connectivity index (χ3n) is 4.12. The van der Waals surface area contributed by atoms with Gasteiger partial charge in [0.05, 0.1) is 0 Å². The number of halogens is 1. The van der Waals surface area contributed by atoms with Gasteiger partial charge in [0.25, 0.3) is 5.91 Å². The SMILES string of the molecule is NC(CNC(=O)Nc1ccc(F)cc1)c1ccc(C(=O)Nc2ccncc2)cc1. The Balaban J connectivity index is 1.50. The highest BCUT2D eigenvalue weighted by atomic mass is 19.1. The molecule has 2 aromatic carbocycles. The van der Waals surface area contributed by atoms with Crippen LogP contribution in [0, 0.1) is 5.82 Å². The Morgan fingerprint density at radius 2 is 1.52 bits per heavy atom. The molecule has 8 heteroatoms. The van der Waals surface area contributed by atoms with Gasteiger partial charge in [-0.3, -0.25) is 9.78 Å². The highest BCUT2D eigenvalue weighted by molar-refractivity contribution is 6.04. The van der Waals surface area contributed by atoms with Crippen LogP contribution >= 0.6 is 0 Å². The second kappa shape index (κ2) is 9.43. The first kappa shape index (κ1) is 20.0. The summed E-state index contributed by atoms with van der Waals surface area (Å²) in [6.07, 6.45) is 3.19. The maximum absolute atomic E-state index is 12.9. The van der Waals surface area contributed by atoms with Crippen molar-refractivity contribution in [3.63, 3.8) is 0 Å². The number of benzene rings is 2. The number of anilines is 2. The molecule has 0 radical (unpaired) electrons. The van der Waals surface area contributed by atoms with Crippen molar-refractivity contribution in [3.05, 3.63) is 90.0 Å². The van der Waals surface area contributed by atoms with Crippen LogP contribution < -0.4 is 21.7 Å². The molecule has 0 aliphatic rings. The van der Waals surface area contributed by atoms with E-state index in [-0.39, 0.29) is 18.3 Å². The van der Waals surface area contributed by atoms with Gasteiger partial charge in [0, 0.05) is 41.9 Å². The molecule has 0 saturated heterocycles. The molecule has 3 aromatic rings. The van der Waals surface area contributed by atoms with Crippen molar-refractivity contribution >= 4 is 23.3 Å². The predicted molar refractivity (Wildman–Crippen MR) is 109 cm³/mol. The summed E-state index contributed by atoms with van der Waals surface area (Å²) in [4.78, 5) is 28.1. The quantitative estimate of drug-likeness (QED) is 0.515. The number of carbonyl (C=O) groups excluding carboxylic acids is 2. The molecule has 1 unspecified atom stereocenters. The number of nitrogens with two attached hydrogens (primary N) is 1. The van der Waals surface area contributed by atoms with E-state index in [1.807, 2.05) is 0 Å². The van der Waals surface area contributed by atoms with E-state index in [1.54, 1.807) is 48.8 Å². The molecule has 3 rings (SSSR count). The average Bonchev–Trinajstić information content (AvgIpc) is 2.74. The van der Waals surface area contributed by atoms with Crippen LogP contribution in [-0.2, 0) is 0 Å². The Morgan fingerprint density at radius 1 is 0.897 bits per heavy atom. The van der Waals surface area contributed by atoms with Gasteiger partial charge >= 0.3 is 6.03 Å². The predicted octanol–water partition coefficient (Wildman–Crippen LogP) is 3.29. The standard InChI is InChI=1S/C21H20FN5O2/c22-16-5-7-17(8-6-16)27-21(29)25-13-19(23)14-1-3-15(4-2-14)20(28)26-18-9-11-24-12-10-18/h1-12,19H,13,23H2,(H,24,26,28)(H2,25,27,29). The zero-order chi connectivity index (χ0) is 20.6. The summed E-state index contributed by atoms with van der Waals surface area (Å²) in [6, 6.07) is 14.8. The van der Waals surface area contributed by atoms with Crippen LogP contribution in [0.1, 0.15) is 22.0 Å². The second-order valence-corrected chi connectivity index (χ2v) is 6.26. The van der Waals surface area contributed by atoms with Gasteiger partial charge in [0.2, 0.25) is 0 Å². The molecular formula is C21H20FN5O2. The minimum Gasteiger partial charge on any atom is -0.336 e. The van der Waals surface area contributed by atoms with E-state index in [4.69, 9.17) is 5.73 Å². The van der Waals surface area contributed by atoms with Gasteiger partial charge in [-0.15, -0.1) is 0 Å². The lowest BCUT2D eigenvalue weighted by atomic mass is 10.1. The minimum atomic E-state index is -0.453. The number of aromatic nitrogens is 1. The van der Waals surface area contributed by atoms with Gasteiger partial charge < -0.3 is 21.7 Å². The fourth-order valence-corrected chi connectivity index (χ4v) is 2.55. The molecule has 1 atom stereocenters. The van der Waals surface area contributed by atoms with Crippen molar-refractivity contribution in [2.45, 2.75) is 6.04 Å². The van der Waals surface area contributed by atoms with E-state index in [1.165, 1.54) is 24.3 Å². The first-order valence-electron chi connectivity index (χ1n) is 8.88. The maximum Gasteiger partial charge on any atom is 0.319 e. The van der Waals surface area contributed by atoms with Crippen LogP contribution in [0.2, 0.25) is 0 Å². The summed E-state index contributed by atoms with van der Waals surface area (Å²) in [5.41, 5.74) is 8.49. The Hall–Kier alpha value is -3.78. The van der Waals surface area contributed by atoms with Crippen LogP contribution in [-0.4, -0.2) is 23.5 Å². The van der Waals surface area contributed by atoms with Crippen molar-refractivity contribution in [1.29, 1.82) is 0 Å². The Kier molecular flexibility index (Phi) is 6.49. The third-order valence-corrected chi connectivity index (χ3v) is 4.12. The van der Waals surface area contributed by atoms with E-state index >= 15 is 0 Å². The lowest BCUT2D eigenvalue weighted by Gasteiger charge is -2.14. The van der Waals surface area contributed by atoms with Crippen molar-refractivity contribution in [3.8, 4) is 0 Å². The van der Waals surface area contributed by atoms with Crippen molar-refractivity contribution < 1.29 is 14.0 Å². The van der Waals surface area contributed by atoms with Crippen LogP contribution in [0.3, 0.4) is 0 Å². The summed E-state index contributed by atoms with van der Waals surface area (Å²) in [5, 5.41) is 8.03. The fourth-order valence-electron chi connectivity index (χ4n) is 2.55. The van der Waals surface area contributed by atoms with E-state index in [2.05, 4.69) is 20.9 Å². The first-order valence-corrected chi connectivity index (χ1v) is 8.88. The molecule has 5 N–H and O–H groups in total. The number of carbonyl (C=O) groups is 2. The van der Waals surface area contributed by atoms with Gasteiger partial charge in [0.15, 0.2) is 0 Å². The van der Waals surface area contributed by atoms with Crippen molar-refractivity contribution in [2.24, 2.45) is 5.73 Å². The Morgan fingerprint density at radius 3 is 2.17 bits per heavy atom. The fraction of sp³-hybridized carbons (Fsp3) is 0.0952. The number of rotatable bonds is 6. The number of hydrogen-bond donors (Lipinski definition) is 4. The summed E-state index contributed by atoms with van der Waals surface area (Å²) < 4.78 is 12.9. The van der Waals surface area contributed by atoms with E-state index in [0.717, 1.165) is 5.56 Å². The molecule has 3 amide bonds. The summed E-state index contributed by atoms with van der Waals surface area (Å²) in [6.45, 7) is 0.190. The zero-order valence-electron chi connectivity index (χ0n) is 15.4. The largest absolute Gasteiger partial charge is 0.336 e. The summed E-state index contributed by atoms with van der Waals surface area (Å²) >= 11 is 0. The van der Waals surface area contributed by atoms with E-state index < -0.39 is 12.1 Å². The lowest BCUT2D eigenvalue weighted by Crippen LogP contribution is -2.35. The molecule has 0 spiro atoms. The monoisotopic (exact) mass is 393 g/mol. The van der Waals surface area contributed by atoms with Gasteiger partial charge in [-0.25, -0.2) is 9.18 Å². The molecule has 148 valence electrons. The minimum absolute atomic E-state index is 0.190. The molecule has 1 heterocycles. The zero-order valence-corrected chi connectivity index (χ0v) is 15.4. The van der Waals surface area contributed by atoms with Crippen LogP contribution in [0.4, 0.5) is 20.6 Å². The van der Waals surface area contributed by atoms with E-state index in [9.17, 15) is 14.0 Å². The first-order chi connectivity index (χ1) is 14.0. The molecule has 0 saturated carbocycles. The number of pyridine rings is 1. The molecule has 0 aliphatic carbocycles. The molecule has 0 aliphatic heterocycles. The summed E-state index contributed by atoms with van der Waals surface area (Å²) in [7, 11) is 0.